The summed E-state index contributed by atoms with van der Waals surface area (Å²) in [4.78, 5) is 26.4. The van der Waals surface area contributed by atoms with Crippen molar-refractivity contribution in [1.82, 2.24) is 4.90 Å². The fourth-order valence-electron chi connectivity index (χ4n) is 4.15. The van der Waals surface area contributed by atoms with Gasteiger partial charge in [-0.25, -0.2) is 4.39 Å². The zero-order chi connectivity index (χ0) is 16.2. The van der Waals surface area contributed by atoms with Crippen molar-refractivity contribution in [3.8, 4) is 5.75 Å². The minimum atomic E-state index is -0.491. The Hall–Kier alpha value is -1.95. The predicted molar refractivity (Wildman–Crippen MR) is 78.1 cm³/mol. The van der Waals surface area contributed by atoms with Crippen LogP contribution in [0.3, 0.4) is 0 Å². The number of halogens is 1. The molecule has 2 amide bonds. The maximum Gasteiger partial charge on any atom is 0.236 e. The first-order valence-electron chi connectivity index (χ1n) is 7.91. The summed E-state index contributed by atoms with van der Waals surface area (Å²) in [7, 11) is 0. The molecule has 0 radical (unpaired) electrons. The number of hydrogen-bond acceptors (Lipinski definition) is 4. The van der Waals surface area contributed by atoms with E-state index in [1.807, 2.05) is 6.92 Å². The maximum atomic E-state index is 12.8. The molecule has 3 aliphatic heterocycles. The van der Waals surface area contributed by atoms with Crippen molar-refractivity contribution < 1.29 is 23.5 Å². The van der Waals surface area contributed by atoms with Gasteiger partial charge in [0.15, 0.2) is 0 Å². The molecule has 2 bridgehead atoms. The Morgan fingerprint density at radius 2 is 2.04 bits per heavy atom. The Labute approximate surface area is 133 Å². The van der Waals surface area contributed by atoms with Crippen LogP contribution < -0.4 is 4.74 Å². The minimum Gasteiger partial charge on any atom is -0.492 e. The summed E-state index contributed by atoms with van der Waals surface area (Å²) in [5, 5.41) is 0. The van der Waals surface area contributed by atoms with Crippen LogP contribution in [0.1, 0.15) is 19.8 Å². The van der Waals surface area contributed by atoms with E-state index in [4.69, 9.17) is 9.47 Å². The Morgan fingerprint density at radius 1 is 1.30 bits per heavy atom. The number of carbonyl (C=O) groups excluding carboxylic acids is 2. The maximum absolute atomic E-state index is 12.8. The number of carbonyl (C=O) groups is 2. The first-order valence-corrected chi connectivity index (χ1v) is 7.91. The topological polar surface area (TPSA) is 55.8 Å². The number of fused-ring (bicyclic) bond motifs is 5. The molecule has 4 rings (SSSR count). The lowest BCUT2D eigenvalue weighted by atomic mass is 9.74. The van der Waals surface area contributed by atoms with Gasteiger partial charge < -0.3 is 9.47 Å². The van der Waals surface area contributed by atoms with Crippen molar-refractivity contribution in [3.63, 3.8) is 0 Å². The van der Waals surface area contributed by atoms with Gasteiger partial charge in [-0.05, 0) is 44.0 Å². The van der Waals surface area contributed by atoms with Crippen LogP contribution in [0.5, 0.6) is 5.75 Å². The average molecular weight is 319 g/mol. The van der Waals surface area contributed by atoms with Crippen LogP contribution in [0.15, 0.2) is 24.3 Å². The molecule has 3 aliphatic rings. The van der Waals surface area contributed by atoms with Crippen molar-refractivity contribution in [2.75, 3.05) is 13.2 Å². The summed E-state index contributed by atoms with van der Waals surface area (Å²) in [6, 6.07) is 5.66. The molecule has 3 heterocycles. The number of ether oxygens (including phenoxy) is 2. The molecule has 122 valence electrons. The van der Waals surface area contributed by atoms with Crippen LogP contribution in [0, 0.1) is 17.7 Å². The fourth-order valence-corrected chi connectivity index (χ4v) is 4.15. The number of likely N-dealkylation sites (tertiary alicyclic amines) is 1. The molecule has 1 aromatic carbocycles. The van der Waals surface area contributed by atoms with Crippen LogP contribution in [0.4, 0.5) is 4.39 Å². The lowest BCUT2D eigenvalue weighted by Crippen LogP contribution is -2.40. The smallest absolute Gasteiger partial charge is 0.236 e. The van der Waals surface area contributed by atoms with Gasteiger partial charge in [0.2, 0.25) is 11.8 Å². The van der Waals surface area contributed by atoms with Crippen molar-refractivity contribution in [3.05, 3.63) is 30.1 Å². The van der Waals surface area contributed by atoms with E-state index >= 15 is 0 Å². The number of benzene rings is 1. The van der Waals surface area contributed by atoms with Crippen LogP contribution >= 0.6 is 0 Å². The minimum absolute atomic E-state index is 0.121. The van der Waals surface area contributed by atoms with Gasteiger partial charge in [-0.1, -0.05) is 0 Å². The summed E-state index contributed by atoms with van der Waals surface area (Å²) < 4.78 is 24.2. The van der Waals surface area contributed by atoms with E-state index in [0.717, 1.165) is 12.8 Å². The molecule has 4 atom stereocenters. The molecule has 0 aliphatic carbocycles. The molecule has 0 saturated carbocycles. The van der Waals surface area contributed by atoms with E-state index in [2.05, 4.69) is 0 Å². The third kappa shape index (κ3) is 2.16. The molecule has 0 N–H and O–H groups in total. The summed E-state index contributed by atoms with van der Waals surface area (Å²) in [6.07, 6.45) is 1.55. The average Bonchev–Trinajstić information content (AvgIpc) is 3.13. The normalized spacial score (nSPS) is 35.0. The van der Waals surface area contributed by atoms with E-state index in [1.165, 1.54) is 29.2 Å². The lowest BCUT2D eigenvalue weighted by Gasteiger charge is -2.26. The van der Waals surface area contributed by atoms with Crippen LogP contribution in [-0.4, -0.2) is 41.6 Å². The van der Waals surface area contributed by atoms with Gasteiger partial charge in [-0.3, -0.25) is 14.5 Å². The van der Waals surface area contributed by atoms with Gasteiger partial charge in [-0.2, -0.15) is 0 Å². The number of hydrogen-bond donors (Lipinski definition) is 0. The Kier molecular flexibility index (Phi) is 3.20. The summed E-state index contributed by atoms with van der Waals surface area (Å²) >= 11 is 0. The molecule has 3 saturated heterocycles. The quantitative estimate of drug-likeness (QED) is 0.794. The number of amides is 2. The summed E-state index contributed by atoms with van der Waals surface area (Å²) in [5.41, 5.74) is -0.491. The summed E-state index contributed by atoms with van der Waals surface area (Å²) in [5.74, 6) is -0.782. The van der Waals surface area contributed by atoms with Gasteiger partial charge >= 0.3 is 0 Å². The molecular weight excluding hydrogens is 301 g/mol. The van der Waals surface area contributed by atoms with E-state index in [0.29, 0.717) is 5.75 Å². The molecule has 0 spiro atoms. The van der Waals surface area contributed by atoms with Gasteiger partial charge in [0, 0.05) is 0 Å². The first kappa shape index (κ1) is 14.6. The second-order valence-corrected chi connectivity index (χ2v) is 6.64. The number of nitrogens with zero attached hydrogens (tertiary/aromatic N) is 1. The highest BCUT2D eigenvalue weighted by Gasteiger charge is 2.67. The molecule has 23 heavy (non-hydrogen) atoms. The molecule has 3 fully saturated rings. The second-order valence-electron chi connectivity index (χ2n) is 6.64. The Morgan fingerprint density at radius 3 is 2.74 bits per heavy atom. The molecule has 0 aromatic heterocycles. The van der Waals surface area contributed by atoms with E-state index in [1.54, 1.807) is 0 Å². The van der Waals surface area contributed by atoms with Gasteiger partial charge in [0.25, 0.3) is 0 Å². The van der Waals surface area contributed by atoms with Gasteiger partial charge in [0.05, 0.1) is 30.1 Å². The van der Waals surface area contributed by atoms with Crippen molar-refractivity contribution >= 4 is 11.8 Å². The zero-order valence-electron chi connectivity index (χ0n) is 12.8. The monoisotopic (exact) mass is 319 g/mol. The first-order chi connectivity index (χ1) is 11.0. The second kappa shape index (κ2) is 5.03. The zero-order valence-corrected chi connectivity index (χ0v) is 12.8. The van der Waals surface area contributed by atoms with Crippen LogP contribution in [-0.2, 0) is 14.3 Å². The Bertz CT molecular complexity index is 661. The summed E-state index contributed by atoms with van der Waals surface area (Å²) in [6.45, 7) is 2.34. The predicted octanol–water partition coefficient (Wildman–Crippen LogP) is 1.76. The van der Waals surface area contributed by atoms with E-state index in [-0.39, 0.29) is 48.7 Å². The lowest BCUT2D eigenvalue weighted by molar-refractivity contribution is -0.144. The highest BCUT2D eigenvalue weighted by atomic mass is 19.1. The number of imide groups is 1. The Balaban J connectivity index is 1.41. The van der Waals surface area contributed by atoms with Crippen molar-refractivity contribution in [2.45, 2.75) is 31.5 Å². The largest absolute Gasteiger partial charge is 0.492 e. The van der Waals surface area contributed by atoms with Crippen molar-refractivity contribution in [1.29, 1.82) is 0 Å². The van der Waals surface area contributed by atoms with Crippen LogP contribution in [0.2, 0.25) is 0 Å². The molecule has 6 heteroatoms. The third-order valence-electron chi connectivity index (χ3n) is 5.24. The highest BCUT2D eigenvalue weighted by molar-refractivity contribution is 6.06. The molecule has 5 nitrogen and oxygen atoms in total. The van der Waals surface area contributed by atoms with Gasteiger partial charge in [-0.15, -0.1) is 0 Å². The number of rotatable bonds is 4. The van der Waals surface area contributed by atoms with Gasteiger partial charge in [0.1, 0.15) is 18.2 Å². The standard InChI is InChI=1S/C17H18FNO4/c1-17-7-6-12(23-17)13-14(17)16(21)19(15(13)20)8-9-22-11-4-2-10(18)3-5-11/h2-5,12-14H,6-9H2,1H3. The van der Waals surface area contributed by atoms with E-state index in [9.17, 15) is 14.0 Å². The molecular formula is C17H18FNO4. The third-order valence-corrected chi connectivity index (χ3v) is 5.24. The van der Waals surface area contributed by atoms with Crippen LogP contribution in [0.25, 0.3) is 0 Å². The molecule has 4 unspecified atom stereocenters. The van der Waals surface area contributed by atoms with Crippen molar-refractivity contribution in [2.24, 2.45) is 11.8 Å². The van der Waals surface area contributed by atoms with E-state index < -0.39 is 5.60 Å². The SMILES string of the molecule is CC12CCC(O1)C1C(=O)N(CCOc3ccc(F)cc3)C(=O)C12. The fraction of sp³-hybridized carbons (Fsp3) is 0.529. The molecule has 1 aromatic rings. The highest BCUT2D eigenvalue weighted by Crippen LogP contribution is 2.54.